The molecule has 2 aromatic carbocycles. The molecule has 0 aromatic heterocycles. The van der Waals surface area contributed by atoms with Crippen LogP contribution in [0.4, 0.5) is 11.4 Å². The average molecular weight is 370 g/mol. The van der Waals surface area contributed by atoms with Crippen LogP contribution < -0.4 is 15.4 Å². The maximum absolute atomic E-state index is 12.1. The van der Waals surface area contributed by atoms with Gasteiger partial charge >= 0.3 is 5.97 Å². The molecule has 0 aliphatic carbocycles. The molecule has 0 saturated heterocycles. The summed E-state index contributed by atoms with van der Waals surface area (Å²) >= 11 is 0. The summed E-state index contributed by atoms with van der Waals surface area (Å²) in [4.78, 5) is 35.2. The van der Waals surface area contributed by atoms with E-state index in [0.717, 1.165) is 11.1 Å². The summed E-state index contributed by atoms with van der Waals surface area (Å²) in [6, 6.07) is 12.3. The van der Waals surface area contributed by atoms with Gasteiger partial charge in [-0.25, -0.2) is 0 Å². The van der Waals surface area contributed by atoms with Crippen LogP contribution in [0, 0.1) is 6.92 Å². The van der Waals surface area contributed by atoms with Gasteiger partial charge < -0.3 is 20.1 Å². The Morgan fingerprint density at radius 2 is 1.78 bits per heavy atom. The van der Waals surface area contributed by atoms with Crippen molar-refractivity contribution in [3.8, 4) is 5.75 Å². The first-order valence-corrected chi connectivity index (χ1v) is 8.34. The molecule has 0 fully saturated rings. The smallest absolute Gasteiger partial charge is 0.310 e. The Bertz CT molecular complexity index is 848. The highest BCUT2D eigenvalue weighted by Gasteiger charge is 2.13. The first kappa shape index (κ1) is 20.0. The average Bonchev–Trinajstić information content (AvgIpc) is 2.62. The van der Waals surface area contributed by atoms with Gasteiger partial charge in [-0.05, 0) is 36.2 Å². The van der Waals surface area contributed by atoms with Crippen LogP contribution >= 0.6 is 0 Å². The van der Waals surface area contributed by atoms with E-state index in [1.54, 1.807) is 18.2 Å². The molecular formula is C20H22N2O5. The van der Waals surface area contributed by atoms with Crippen LogP contribution in [0.2, 0.25) is 0 Å². The number of carbonyl (C=O) groups excluding carboxylic acids is 3. The maximum atomic E-state index is 12.1. The predicted octanol–water partition coefficient (Wildman–Crippen LogP) is 2.69. The number of aryl methyl sites for hydroxylation is 1. The van der Waals surface area contributed by atoms with Gasteiger partial charge in [-0.15, -0.1) is 0 Å². The molecule has 0 aliphatic heterocycles. The van der Waals surface area contributed by atoms with E-state index in [1.807, 2.05) is 31.2 Å². The van der Waals surface area contributed by atoms with Crippen LogP contribution in [0.15, 0.2) is 42.5 Å². The lowest BCUT2D eigenvalue weighted by Crippen LogP contribution is -2.22. The molecule has 0 unspecified atom stereocenters. The van der Waals surface area contributed by atoms with Crippen LogP contribution in [-0.4, -0.2) is 31.5 Å². The number of hydrogen-bond acceptors (Lipinski definition) is 5. The van der Waals surface area contributed by atoms with Gasteiger partial charge in [0.1, 0.15) is 5.75 Å². The zero-order valence-electron chi connectivity index (χ0n) is 15.5. The van der Waals surface area contributed by atoms with Crippen LogP contribution in [0.1, 0.15) is 18.1 Å². The molecule has 0 spiro atoms. The summed E-state index contributed by atoms with van der Waals surface area (Å²) in [6.07, 6.45) is 0.0985. The molecule has 0 bridgehead atoms. The second-order valence-corrected chi connectivity index (χ2v) is 5.91. The fourth-order valence-electron chi connectivity index (χ4n) is 2.43. The minimum atomic E-state index is -0.508. The third-order valence-electron chi connectivity index (χ3n) is 3.75. The number of hydrogen-bond donors (Lipinski definition) is 2. The van der Waals surface area contributed by atoms with E-state index in [0.29, 0.717) is 17.1 Å². The molecule has 7 heteroatoms. The molecule has 0 heterocycles. The van der Waals surface area contributed by atoms with E-state index < -0.39 is 18.5 Å². The molecule has 142 valence electrons. The van der Waals surface area contributed by atoms with Crippen LogP contribution in [0.25, 0.3) is 0 Å². The van der Waals surface area contributed by atoms with E-state index in [9.17, 15) is 14.4 Å². The fourth-order valence-corrected chi connectivity index (χ4v) is 2.43. The molecular weight excluding hydrogens is 348 g/mol. The van der Waals surface area contributed by atoms with Crippen LogP contribution in [0.5, 0.6) is 5.75 Å². The number of ether oxygens (including phenoxy) is 2. The standard InChI is InChI=1S/C20H22N2O5/c1-13-6-4-5-7-15(13)10-20(25)27-12-19(24)22-17-11-16(21-14(2)23)8-9-18(17)26-3/h4-9,11H,10,12H2,1-3H3,(H,21,23)(H,22,24). The summed E-state index contributed by atoms with van der Waals surface area (Å²) in [5.41, 5.74) is 2.71. The fraction of sp³-hybridized carbons (Fsp3) is 0.250. The van der Waals surface area contributed by atoms with Crippen molar-refractivity contribution in [1.82, 2.24) is 0 Å². The second-order valence-electron chi connectivity index (χ2n) is 5.91. The molecule has 2 aromatic rings. The number of benzene rings is 2. The van der Waals surface area contributed by atoms with Gasteiger partial charge in [0.2, 0.25) is 5.91 Å². The molecule has 0 saturated carbocycles. The third-order valence-corrected chi connectivity index (χ3v) is 3.75. The number of methoxy groups -OCH3 is 1. The van der Waals surface area contributed by atoms with Gasteiger partial charge in [0.15, 0.2) is 6.61 Å². The summed E-state index contributed by atoms with van der Waals surface area (Å²) in [5.74, 6) is -0.809. The largest absolute Gasteiger partial charge is 0.495 e. The Labute approximate surface area is 157 Å². The quantitative estimate of drug-likeness (QED) is 0.731. The van der Waals surface area contributed by atoms with Crippen LogP contribution in [-0.2, 0) is 25.5 Å². The van der Waals surface area contributed by atoms with Gasteiger partial charge in [0.25, 0.3) is 5.91 Å². The predicted molar refractivity (Wildman–Crippen MR) is 102 cm³/mol. The Morgan fingerprint density at radius 1 is 1.04 bits per heavy atom. The molecule has 0 aliphatic rings. The lowest BCUT2D eigenvalue weighted by Gasteiger charge is -2.12. The van der Waals surface area contributed by atoms with Crippen LogP contribution in [0.3, 0.4) is 0 Å². The minimum absolute atomic E-state index is 0.0985. The number of amides is 2. The van der Waals surface area contributed by atoms with Crippen molar-refractivity contribution in [1.29, 1.82) is 0 Å². The summed E-state index contributed by atoms with van der Waals surface area (Å²) < 4.78 is 10.2. The van der Waals surface area contributed by atoms with Crippen molar-refractivity contribution in [2.45, 2.75) is 20.3 Å². The van der Waals surface area contributed by atoms with Crippen molar-refractivity contribution in [3.05, 3.63) is 53.6 Å². The van der Waals surface area contributed by atoms with Crippen molar-refractivity contribution in [3.63, 3.8) is 0 Å². The summed E-state index contributed by atoms with van der Waals surface area (Å²) in [7, 11) is 1.46. The van der Waals surface area contributed by atoms with Crippen molar-refractivity contribution >= 4 is 29.2 Å². The van der Waals surface area contributed by atoms with Gasteiger partial charge in [-0.3, -0.25) is 14.4 Å². The Balaban J connectivity index is 1.94. The number of anilines is 2. The topological polar surface area (TPSA) is 93.7 Å². The summed E-state index contributed by atoms with van der Waals surface area (Å²) in [6.45, 7) is 2.87. The highest BCUT2D eigenvalue weighted by molar-refractivity contribution is 5.96. The van der Waals surface area contributed by atoms with E-state index in [4.69, 9.17) is 9.47 Å². The minimum Gasteiger partial charge on any atom is -0.495 e. The number of esters is 1. The highest BCUT2D eigenvalue weighted by atomic mass is 16.5. The van der Waals surface area contributed by atoms with Gasteiger partial charge in [-0.1, -0.05) is 24.3 Å². The van der Waals surface area contributed by atoms with Crippen molar-refractivity contribution in [2.24, 2.45) is 0 Å². The molecule has 0 atom stereocenters. The van der Waals surface area contributed by atoms with Gasteiger partial charge in [0, 0.05) is 12.6 Å². The third kappa shape index (κ3) is 6.14. The van der Waals surface area contributed by atoms with E-state index >= 15 is 0 Å². The summed E-state index contributed by atoms with van der Waals surface area (Å²) in [5, 5.41) is 5.23. The monoisotopic (exact) mass is 370 g/mol. The van der Waals surface area contributed by atoms with E-state index in [1.165, 1.54) is 14.0 Å². The van der Waals surface area contributed by atoms with Gasteiger partial charge in [-0.2, -0.15) is 0 Å². The molecule has 2 rings (SSSR count). The zero-order chi connectivity index (χ0) is 19.8. The number of carbonyl (C=O) groups is 3. The normalized spacial score (nSPS) is 10.0. The number of rotatable bonds is 7. The van der Waals surface area contributed by atoms with E-state index in [2.05, 4.69) is 10.6 Å². The first-order valence-electron chi connectivity index (χ1n) is 8.34. The zero-order valence-corrected chi connectivity index (χ0v) is 15.5. The van der Waals surface area contributed by atoms with Crippen molar-refractivity contribution < 1.29 is 23.9 Å². The molecule has 2 N–H and O–H groups in total. The maximum Gasteiger partial charge on any atom is 0.310 e. The number of nitrogens with one attached hydrogen (secondary N) is 2. The molecule has 0 radical (unpaired) electrons. The SMILES string of the molecule is COc1ccc(NC(C)=O)cc1NC(=O)COC(=O)Cc1ccccc1C. The Kier molecular flexibility index (Phi) is 6.93. The Hall–Kier alpha value is -3.35. The lowest BCUT2D eigenvalue weighted by atomic mass is 10.1. The van der Waals surface area contributed by atoms with Crippen molar-refractivity contribution in [2.75, 3.05) is 24.4 Å². The highest BCUT2D eigenvalue weighted by Crippen LogP contribution is 2.27. The molecule has 27 heavy (non-hydrogen) atoms. The van der Waals surface area contributed by atoms with Gasteiger partial charge in [0.05, 0.1) is 19.2 Å². The molecule has 2 amide bonds. The van der Waals surface area contributed by atoms with E-state index in [-0.39, 0.29) is 12.3 Å². The second kappa shape index (κ2) is 9.38. The lowest BCUT2D eigenvalue weighted by molar-refractivity contribution is -0.146. The Morgan fingerprint density at radius 3 is 2.44 bits per heavy atom. The first-order chi connectivity index (χ1) is 12.9. The molecule has 7 nitrogen and oxygen atoms in total.